The number of hydrogen-bond acceptors (Lipinski definition) is 24. The fourth-order valence-electron chi connectivity index (χ4n) is 5.38. The smallest absolute Gasteiger partial charge is 0.460 e. The van der Waals surface area contributed by atoms with Gasteiger partial charge in [0, 0.05) is 48.6 Å². The molecule has 0 aliphatic heterocycles. The molecule has 0 rings (SSSR count). The first-order valence-electron chi connectivity index (χ1n) is 22.8. The molecule has 0 aromatic rings. The van der Waals surface area contributed by atoms with Gasteiger partial charge in [-0.05, 0) is 27.7 Å². The normalized spacial score (nSPS) is 11.7. The third-order valence-corrected chi connectivity index (χ3v) is 9.57. The summed E-state index contributed by atoms with van der Waals surface area (Å²) in [6.45, 7) is 18.1. The van der Waals surface area contributed by atoms with Gasteiger partial charge in [-0.3, -0.25) is 0 Å². The third kappa shape index (κ3) is 25.6. The van der Waals surface area contributed by atoms with E-state index in [1.54, 1.807) is 21.3 Å². The predicted octanol–water partition coefficient (Wildman–Crippen LogP) is 3.67. The van der Waals surface area contributed by atoms with Crippen LogP contribution in [0, 0.1) is 0 Å². The second-order valence-corrected chi connectivity index (χ2v) is 17.5. The molecular formula is C49H58F6N4O24. The quantitative estimate of drug-likeness (QED) is 0.0235. The molecule has 4 amide bonds. The molecule has 34 heteroatoms. The first kappa shape index (κ1) is 73.3. The molecule has 0 aliphatic rings. The molecule has 0 saturated carbocycles. The first-order valence-corrected chi connectivity index (χ1v) is 22.8. The Labute approximate surface area is 467 Å². The van der Waals surface area contributed by atoms with Crippen molar-refractivity contribution >= 4 is 72.1 Å². The van der Waals surface area contributed by atoms with Crippen molar-refractivity contribution in [2.75, 3.05) is 52.9 Å². The maximum Gasteiger partial charge on any atom is 0.468 e. The Morgan fingerprint density at radius 1 is 0.301 bits per heavy atom. The van der Waals surface area contributed by atoms with Gasteiger partial charge in [0.1, 0.15) is 81.4 Å². The number of amides is 4. The Morgan fingerprint density at radius 3 is 0.542 bits per heavy atom. The zero-order valence-electron chi connectivity index (χ0n) is 44.7. The van der Waals surface area contributed by atoms with Crippen molar-refractivity contribution in [1.82, 2.24) is 21.3 Å². The Kier molecular flexibility index (Phi) is 28.2. The van der Waals surface area contributed by atoms with E-state index in [2.05, 4.69) is 71.6 Å². The van der Waals surface area contributed by atoms with Crippen molar-refractivity contribution in [2.45, 2.75) is 80.2 Å². The summed E-state index contributed by atoms with van der Waals surface area (Å²) in [5.41, 5.74) is -10.1. The number of nitrogens with one attached hydrogen (secondary N) is 4. The van der Waals surface area contributed by atoms with Gasteiger partial charge >= 0.3 is 96.1 Å². The van der Waals surface area contributed by atoms with Crippen LogP contribution in [0.1, 0.15) is 34.1 Å². The van der Waals surface area contributed by atoms with Crippen LogP contribution in [-0.2, 0) is 95.2 Å². The number of alkyl halides is 6. The number of ether oxygens (including phenoxy) is 12. The summed E-state index contributed by atoms with van der Waals surface area (Å²) in [5, 5.41) is 6.46. The monoisotopic (exact) mass is 1200 g/mol. The van der Waals surface area contributed by atoms with Crippen LogP contribution in [-0.4, -0.2) is 171 Å². The van der Waals surface area contributed by atoms with E-state index >= 15 is 26.3 Å². The van der Waals surface area contributed by atoms with Crippen LogP contribution < -0.4 is 21.3 Å². The van der Waals surface area contributed by atoms with Crippen molar-refractivity contribution in [1.29, 1.82) is 0 Å². The number of carbonyl (C=O) groups is 12. The van der Waals surface area contributed by atoms with E-state index in [1.807, 2.05) is 0 Å². The molecule has 0 aromatic carbocycles. The largest absolute Gasteiger partial charge is 0.468 e. The van der Waals surface area contributed by atoms with E-state index < -0.39 is 177 Å². The number of rotatable bonds is 34. The van der Waals surface area contributed by atoms with Crippen LogP contribution in [0.3, 0.4) is 0 Å². The number of halogens is 6. The highest BCUT2D eigenvalue weighted by atomic mass is 19.4. The zero-order valence-corrected chi connectivity index (χ0v) is 44.7. The molecule has 0 spiro atoms. The Hall–Kier alpha value is -9.66. The summed E-state index contributed by atoms with van der Waals surface area (Å²) < 4.78 is 155. The fraction of sp³-hybridized carbons (Fsp3) is 0.429. The first-order chi connectivity index (χ1) is 38.2. The summed E-state index contributed by atoms with van der Waals surface area (Å²) in [6, 6.07) is 0. The molecule has 460 valence electrons. The summed E-state index contributed by atoms with van der Waals surface area (Å²) in [6.07, 6.45) is -23.9. The number of esters is 8. The fourth-order valence-corrected chi connectivity index (χ4v) is 5.38. The van der Waals surface area contributed by atoms with Gasteiger partial charge < -0.3 is 78.1 Å². The minimum Gasteiger partial charge on any atom is -0.460 e. The molecule has 0 bridgehead atoms. The summed E-state index contributed by atoms with van der Waals surface area (Å²) in [4.78, 5) is 152. The van der Waals surface area contributed by atoms with Crippen LogP contribution in [0.5, 0.6) is 0 Å². The van der Waals surface area contributed by atoms with Gasteiger partial charge in [-0.2, -0.15) is 26.3 Å². The lowest BCUT2D eigenvalue weighted by Gasteiger charge is -2.43. The molecule has 0 unspecified atom stereocenters. The van der Waals surface area contributed by atoms with Crippen molar-refractivity contribution in [3.63, 3.8) is 0 Å². The van der Waals surface area contributed by atoms with Gasteiger partial charge in [-0.1, -0.05) is 52.6 Å². The highest BCUT2D eigenvalue weighted by Gasteiger charge is 2.75. The highest BCUT2D eigenvalue weighted by molar-refractivity contribution is 5.84. The van der Waals surface area contributed by atoms with Gasteiger partial charge in [-0.15, -0.1) is 0 Å². The molecular weight excluding hydrogens is 1140 g/mol. The molecule has 4 N–H and O–H groups in total. The maximum atomic E-state index is 16.3. The lowest BCUT2D eigenvalue weighted by atomic mass is 10.0. The second kappa shape index (κ2) is 32.0. The van der Waals surface area contributed by atoms with Crippen LogP contribution >= 0.6 is 0 Å². The summed E-state index contributed by atoms with van der Waals surface area (Å²) >= 11 is 0. The second-order valence-electron chi connectivity index (χ2n) is 17.5. The van der Waals surface area contributed by atoms with E-state index in [9.17, 15) is 57.5 Å². The third-order valence-electron chi connectivity index (χ3n) is 9.57. The van der Waals surface area contributed by atoms with Crippen molar-refractivity contribution in [2.24, 2.45) is 0 Å². The van der Waals surface area contributed by atoms with Crippen LogP contribution in [0.15, 0.2) is 101 Å². The van der Waals surface area contributed by atoms with E-state index in [0.29, 0.717) is 48.6 Å². The number of carbonyl (C=O) groups excluding carboxylic acids is 12. The van der Waals surface area contributed by atoms with E-state index in [-0.39, 0.29) is 0 Å². The predicted molar refractivity (Wildman–Crippen MR) is 264 cm³/mol. The lowest BCUT2D eigenvalue weighted by molar-refractivity contribution is -0.406. The maximum absolute atomic E-state index is 16.3. The molecule has 0 saturated heterocycles. The van der Waals surface area contributed by atoms with E-state index in [4.69, 9.17) is 37.9 Å². The van der Waals surface area contributed by atoms with Gasteiger partial charge in [-0.25, -0.2) is 57.5 Å². The molecule has 0 heterocycles. The zero-order chi connectivity index (χ0) is 64.3. The Bertz CT molecular complexity index is 2110. The Balaban J connectivity index is 9.04. The lowest BCUT2D eigenvalue weighted by Crippen LogP contribution is -2.67. The SMILES string of the molecule is C=CC(=O)OCC(C)(COC(=O)C=C)NC(=O)OC(CC(OC(=O)NC(C)(COC(=O)C=C)COC(=O)C=C)(OC(=O)NC(C)(COC(=O)C=C)COC(=O)C=C)C(F)(F)F)(OC(=O)NC(C)(COC(=O)C=C)COC(=O)C=C)C(F)(F)F. The standard InChI is InChI=1S/C49H58F6N4O24/c1-13-30(60)72-22-42(9,23-73-31(61)14-2)56-38(68)80-46(48(50,51)52,81-39(69)57-43(10,24-74-32(62)15-3)25-75-33(63)16-4)21-47(49(53,54)55,82-40(70)58-44(11,26-76-34(64)17-5)27-77-35(65)18-6)83-41(71)59-45(12,28-78-36(66)19-7)29-79-37(67)20-8/h13-20H,1-8,21-29H2,9-12H3,(H,56,68)(H,57,69)(H,58,70)(H,59,71). The molecule has 0 atom stereocenters. The van der Waals surface area contributed by atoms with Gasteiger partial charge in [0.25, 0.3) is 0 Å². The van der Waals surface area contributed by atoms with Gasteiger partial charge in [0.15, 0.2) is 0 Å². The average Bonchev–Trinajstić information content (AvgIpc) is 3.18. The van der Waals surface area contributed by atoms with Crippen LogP contribution in [0.4, 0.5) is 45.5 Å². The molecule has 0 aliphatic carbocycles. The number of alkyl carbamates (subject to hydrolysis) is 4. The topological polar surface area (TPSA) is 364 Å². The van der Waals surface area contributed by atoms with Gasteiger partial charge in [0.2, 0.25) is 0 Å². The summed E-state index contributed by atoms with van der Waals surface area (Å²) in [5.74, 6) is -22.0. The van der Waals surface area contributed by atoms with E-state index in [0.717, 1.165) is 27.7 Å². The minimum atomic E-state index is -6.89. The van der Waals surface area contributed by atoms with E-state index in [1.165, 1.54) is 0 Å². The molecule has 83 heavy (non-hydrogen) atoms. The average molecular weight is 1200 g/mol. The van der Waals surface area contributed by atoms with Crippen molar-refractivity contribution in [3.05, 3.63) is 101 Å². The molecule has 0 aromatic heterocycles. The molecule has 0 fully saturated rings. The Morgan fingerprint density at radius 2 is 0.434 bits per heavy atom. The highest BCUT2D eigenvalue weighted by Crippen LogP contribution is 2.48. The van der Waals surface area contributed by atoms with Crippen LogP contribution in [0.25, 0.3) is 0 Å². The number of hydrogen-bond donors (Lipinski definition) is 4. The summed E-state index contributed by atoms with van der Waals surface area (Å²) in [7, 11) is 0. The molecule has 28 nitrogen and oxygen atoms in total. The minimum absolute atomic E-state index is 0.525. The van der Waals surface area contributed by atoms with Gasteiger partial charge in [0.05, 0.1) is 0 Å². The van der Waals surface area contributed by atoms with Crippen molar-refractivity contribution < 1.29 is 141 Å². The molecule has 0 radical (unpaired) electrons. The van der Waals surface area contributed by atoms with Crippen LogP contribution in [0.2, 0.25) is 0 Å². The van der Waals surface area contributed by atoms with Crippen molar-refractivity contribution in [3.8, 4) is 0 Å².